The third kappa shape index (κ3) is 5.25. The average Bonchev–Trinajstić information content (AvgIpc) is 2.18. The molecule has 4 nitrogen and oxygen atoms in total. The summed E-state index contributed by atoms with van der Waals surface area (Å²) in [5.74, 6) is 0. The number of nitrogens with zero attached hydrogens (tertiary/aromatic N) is 2. The van der Waals surface area contributed by atoms with Crippen molar-refractivity contribution in [2.75, 3.05) is 26.2 Å². The van der Waals surface area contributed by atoms with E-state index in [0.29, 0.717) is 6.04 Å². The minimum absolute atomic E-state index is 0. The highest BCUT2D eigenvalue weighted by Crippen LogP contribution is 2.14. The second-order valence-corrected chi connectivity index (χ2v) is 5.81. The van der Waals surface area contributed by atoms with E-state index >= 15 is 0 Å². The van der Waals surface area contributed by atoms with E-state index in [1.807, 2.05) is 25.7 Å². The van der Waals surface area contributed by atoms with Crippen LogP contribution >= 0.6 is 0 Å². The maximum atomic E-state index is 11.9. The Hall–Kier alpha value is -0.770. The molecule has 108 valence electrons. The zero-order valence-corrected chi connectivity index (χ0v) is 11.8. The minimum atomic E-state index is -0.402. The van der Waals surface area contributed by atoms with Gasteiger partial charge in [0.1, 0.15) is 5.60 Å². The first-order chi connectivity index (χ1) is 7.83. The highest BCUT2D eigenvalue weighted by molar-refractivity contribution is 5.68. The lowest BCUT2D eigenvalue weighted by Crippen LogP contribution is -2.54. The molecule has 0 aromatic rings. The minimum Gasteiger partial charge on any atom is -0.444 e. The lowest BCUT2D eigenvalue weighted by molar-refractivity contribution is 0.00586. The number of carbonyl (C=O) groups is 1. The summed E-state index contributed by atoms with van der Waals surface area (Å²) in [5.41, 5.74) is -0.402. The van der Waals surface area contributed by atoms with Crippen LogP contribution in [0.15, 0.2) is 0 Å². The Morgan fingerprint density at radius 3 is 2.39 bits per heavy atom. The van der Waals surface area contributed by atoms with Crippen LogP contribution in [-0.2, 0) is 4.74 Å². The number of ether oxygens (including phenoxy) is 1. The number of rotatable bonds is 2. The van der Waals surface area contributed by atoms with Crippen molar-refractivity contribution >= 4 is 6.09 Å². The second-order valence-electron chi connectivity index (χ2n) is 5.81. The molecule has 0 N–H and O–H groups in total. The van der Waals surface area contributed by atoms with Gasteiger partial charge in [-0.25, -0.2) is 4.79 Å². The molecule has 1 aliphatic rings. The van der Waals surface area contributed by atoms with Gasteiger partial charge in [0.05, 0.1) is 0 Å². The predicted molar refractivity (Wildman–Crippen MR) is 75.9 cm³/mol. The van der Waals surface area contributed by atoms with E-state index < -0.39 is 5.60 Å². The SMILES string of the molecule is C.CCCN1CCN(C(=O)OC(C)(C)C)C[C@@H]1C. The maximum absolute atomic E-state index is 11.9. The summed E-state index contributed by atoms with van der Waals surface area (Å²) in [7, 11) is 0. The lowest BCUT2D eigenvalue weighted by Gasteiger charge is -2.40. The fourth-order valence-electron chi connectivity index (χ4n) is 2.11. The van der Waals surface area contributed by atoms with Crippen LogP contribution in [0, 0.1) is 0 Å². The molecule has 0 aromatic carbocycles. The second kappa shape index (κ2) is 6.98. The Balaban J connectivity index is 0.00000289. The molecule has 0 radical (unpaired) electrons. The topological polar surface area (TPSA) is 32.8 Å². The lowest BCUT2D eigenvalue weighted by atomic mass is 10.2. The van der Waals surface area contributed by atoms with Gasteiger partial charge in [0, 0.05) is 25.7 Å². The quantitative estimate of drug-likeness (QED) is 0.763. The highest BCUT2D eigenvalue weighted by Gasteiger charge is 2.29. The first-order valence-electron chi connectivity index (χ1n) is 6.55. The van der Waals surface area contributed by atoms with Gasteiger partial charge in [-0.05, 0) is 40.7 Å². The van der Waals surface area contributed by atoms with Crippen LogP contribution in [0.3, 0.4) is 0 Å². The van der Waals surface area contributed by atoms with E-state index in [1.54, 1.807) is 0 Å². The molecule has 0 aliphatic carbocycles. The van der Waals surface area contributed by atoms with Crippen LogP contribution in [0.1, 0.15) is 48.5 Å². The van der Waals surface area contributed by atoms with Crippen LogP contribution in [0.4, 0.5) is 4.79 Å². The average molecular weight is 258 g/mol. The van der Waals surface area contributed by atoms with Crippen molar-refractivity contribution in [1.82, 2.24) is 9.80 Å². The molecule has 0 saturated carbocycles. The van der Waals surface area contributed by atoms with E-state index in [0.717, 1.165) is 32.6 Å². The fraction of sp³-hybridized carbons (Fsp3) is 0.929. The Morgan fingerprint density at radius 2 is 1.94 bits per heavy atom. The van der Waals surface area contributed by atoms with Crippen LogP contribution in [0.5, 0.6) is 0 Å². The summed E-state index contributed by atoms with van der Waals surface area (Å²) in [4.78, 5) is 16.2. The van der Waals surface area contributed by atoms with E-state index in [-0.39, 0.29) is 13.5 Å². The number of hydrogen-bond acceptors (Lipinski definition) is 3. The Morgan fingerprint density at radius 1 is 1.33 bits per heavy atom. The summed E-state index contributed by atoms with van der Waals surface area (Å²) in [5, 5.41) is 0. The van der Waals surface area contributed by atoms with Crippen molar-refractivity contribution in [3.8, 4) is 0 Å². The molecule has 1 rings (SSSR count). The van der Waals surface area contributed by atoms with Gasteiger partial charge in [0.2, 0.25) is 0 Å². The first-order valence-corrected chi connectivity index (χ1v) is 6.55. The summed E-state index contributed by atoms with van der Waals surface area (Å²) >= 11 is 0. The molecule has 0 aromatic heterocycles. The highest BCUT2D eigenvalue weighted by atomic mass is 16.6. The molecule has 1 fully saturated rings. The number of carbonyl (C=O) groups excluding carboxylic acids is 1. The van der Waals surface area contributed by atoms with E-state index in [2.05, 4.69) is 18.7 Å². The van der Waals surface area contributed by atoms with Crippen molar-refractivity contribution in [3.63, 3.8) is 0 Å². The zero-order valence-electron chi connectivity index (χ0n) is 11.8. The van der Waals surface area contributed by atoms with Crippen LogP contribution in [0.2, 0.25) is 0 Å². The molecule has 0 unspecified atom stereocenters. The molecule has 18 heavy (non-hydrogen) atoms. The smallest absolute Gasteiger partial charge is 0.410 e. The fourth-order valence-corrected chi connectivity index (χ4v) is 2.11. The molecule has 1 amide bonds. The molecule has 4 heteroatoms. The molecule has 1 heterocycles. The largest absolute Gasteiger partial charge is 0.444 e. The third-order valence-corrected chi connectivity index (χ3v) is 2.93. The van der Waals surface area contributed by atoms with Gasteiger partial charge in [0.25, 0.3) is 0 Å². The number of piperazine rings is 1. The summed E-state index contributed by atoms with van der Waals surface area (Å²) in [6.45, 7) is 13.7. The van der Waals surface area contributed by atoms with Gasteiger partial charge in [-0.3, -0.25) is 4.90 Å². The Labute approximate surface area is 112 Å². The number of amides is 1. The third-order valence-electron chi connectivity index (χ3n) is 2.93. The zero-order chi connectivity index (χ0) is 13.1. The normalized spacial score (nSPS) is 21.4. The van der Waals surface area contributed by atoms with Gasteiger partial charge < -0.3 is 9.64 Å². The molecular weight excluding hydrogens is 228 g/mol. The molecular formula is C14H30N2O2. The Bertz CT molecular complexity index is 261. The van der Waals surface area contributed by atoms with Gasteiger partial charge in [-0.2, -0.15) is 0 Å². The van der Waals surface area contributed by atoms with Crippen molar-refractivity contribution < 1.29 is 9.53 Å². The van der Waals surface area contributed by atoms with Crippen molar-refractivity contribution in [2.24, 2.45) is 0 Å². The molecule has 1 aliphatic heterocycles. The molecule has 0 bridgehead atoms. The Kier molecular flexibility index (Phi) is 6.68. The monoisotopic (exact) mass is 258 g/mol. The molecule has 1 atom stereocenters. The van der Waals surface area contributed by atoms with Crippen LogP contribution in [-0.4, -0.2) is 53.7 Å². The van der Waals surface area contributed by atoms with Crippen LogP contribution in [0.25, 0.3) is 0 Å². The standard InChI is InChI=1S/C13H26N2O2.CH4/c1-6-7-14-8-9-15(10-11(14)2)12(16)17-13(3,4)5;/h11H,6-10H2,1-5H3;1H4/t11-;/m0./s1. The first kappa shape index (κ1) is 17.2. The van der Waals surface area contributed by atoms with Gasteiger partial charge in [0.15, 0.2) is 0 Å². The number of hydrogen-bond donors (Lipinski definition) is 0. The van der Waals surface area contributed by atoms with Gasteiger partial charge >= 0.3 is 6.09 Å². The maximum Gasteiger partial charge on any atom is 0.410 e. The summed E-state index contributed by atoms with van der Waals surface area (Å²) in [6.07, 6.45) is 0.983. The van der Waals surface area contributed by atoms with E-state index in [9.17, 15) is 4.79 Å². The molecule has 0 spiro atoms. The summed E-state index contributed by atoms with van der Waals surface area (Å²) < 4.78 is 5.39. The van der Waals surface area contributed by atoms with Crippen molar-refractivity contribution in [2.45, 2.75) is 60.1 Å². The van der Waals surface area contributed by atoms with Crippen molar-refractivity contribution in [3.05, 3.63) is 0 Å². The van der Waals surface area contributed by atoms with Gasteiger partial charge in [-0.15, -0.1) is 0 Å². The molecule has 1 saturated heterocycles. The van der Waals surface area contributed by atoms with Crippen molar-refractivity contribution in [1.29, 1.82) is 0 Å². The van der Waals surface area contributed by atoms with E-state index in [4.69, 9.17) is 4.74 Å². The van der Waals surface area contributed by atoms with E-state index in [1.165, 1.54) is 0 Å². The predicted octanol–water partition coefficient (Wildman–Crippen LogP) is 2.97. The van der Waals surface area contributed by atoms with Crippen LogP contribution < -0.4 is 0 Å². The summed E-state index contributed by atoms with van der Waals surface area (Å²) in [6, 6.07) is 0.427. The van der Waals surface area contributed by atoms with Gasteiger partial charge in [-0.1, -0.05) is 14.4 Å².